The zero-order valence-electron chi connectivity index (χ0n) is 9.73. The Morgan fingerprint density at radius 1 is 1.35 bits per heavy atom. The molecule has 17 heavy (non-hydrogen) atoms. The normalized spacial score (nSPS) is 19.6. The van der Waals surface area contributed by atoms with Gasteiger partial charge in [0.2, 0.25) is 0 Å². The van der Waals surface area contributed by atoms with E-state index in [9.17, 15) is 0 Å². The Hall–Kier alpha value is -1.61. The van der Waals surface area contributed by atoms with E-state index in [0.717, 1.165) is 26.2 Å². The van der Waals surface area contributed by atoms with Crippen molar-refractivity contribution in [3.63, 3.8) is 0 Å². The van der Waals surface area contributed by atoms with Crippen molar-refractivity contribution in [3.8, 4) is 0 Å². The van der Waals surface area contributed by atoms with Crippen molar-refractivity contribution in [1.82, 2.24) is 4.98 Å². The maximum Gasteiger partial charge on any atom is 0.0511 e. The van der Waals surface area contributed by atoms with Crippen LogP contribution in [0.2, 0.25) is 0 Å². The van der Waals surface area contributed by atoms with Gasteiger partial charge < -0.3 is 10.1 Å². The largest absolute Gasteiger partial charge is 0.384 e. The third-order valence-corrected chi connectivity index (χ3v) is 3.29. The molecule has 1 aliphatic rings. The molecule has 0 aliphatic carbocycles. The average molecular weight is 228 g/mol. The van der Waals surface area contributed by atoms with Gasteiger partial charge in [-0.3, -0.25) is 4.98 Å². The highest BCUT2D eigenvalue weighted by molar-refractivity contribution is 5.93. The second-order valence-electron chi connectivity index (χ2n) is 4.51. The molecule has 0 bridgehead atoms. The molecule has 0 radical (unpaired) electrons. The number of pyridine rings is 1. The van der Waals surface area contributed by atoms with Crippen molar-refractivity contribution < 1.29 is 4.74 Å². The van der Waals surface area contributed by atoms with Gasteiger partial charge in [-0.2, -0.15) is 0 Å². The van der Waals surface area contributed by atoms with E-state index in [4.69, 9.17) is 4.74 Å². The molecule has 1 aliphatic heterocycles. The maximum atomic E-state index is 5.38. The molecule has 1 N–H and O–H groups in total. The second kappa shape index (κ2) is 4.72. The second-order valence-corrected chi connectivity index (χ2v) is 4.51. The molecule has 1 saturated heterocycles. The van der Waals surface area contributed by atoms with E-state index < -0.39 is 0 Å². The molecule has 0 saturated carbocycles. The summed E-state index contributed by atoms with van der Waals surface area (Å²) in [5.41, 5.74) is 1.17. The third-order valence-electron chi connectivity index (χ3n) is 3.29. The highest BCUT2D eigenvalue weighted by Crippen LogP contribution is 2.23. The van der Waals surface area contributed by atoms with Crippen LogP contribution in [0.4, 0.5) is 5.69 Å². The van der Waals surface area contributed by atoms with Crippen molar-refractivity contribution in [2.24, 2.45) is 5.92 Å². The lowest BCUT2D eigenvalue weighted by molar-refractivity contribution is 0.187. The van der Waals surface area contributed by atoms with Gasteiger partial charge in [-0.15, -0.1) is 0 Å². The predicted molar refractivity (Wildman–Crippen MR) is 69.2 cm³/mol. The zero-order chi connectivity index (χ0) is 11.5. The summed E-state index contributed by atoms with van der Waals surface area (Å²) in [4.78, 5) is 4.19. The number of aromatic nitrogens is 1. The molecule has 1 aromatic carbocycles. The van der Waals surface area contributed by atoms with Crippen LogP contribution in [-0.4, -0.2) is 24.7 Å². The molecule has 2 heterocycles. The minimum Gasteiger partial charge on any atom is -0.384 e. The van der Waals surface area contributed by atoms with Gasteiger partial charge in [0.25, 0.3) is 0 Å². The highest BCUT2D eigenvalue weighted by Gasteiger charge is 2.15. The number of ether oxygens (including phenoxy) is 1. The van der Waals surface area contributed by atoms with Crippen molar-refractivity contribution in [2.45, 2.75) is 6.42 Å². The van der Waals surface area contributed by atoms with E-state index in [1.54, 1.807) is 0 Å². The topological polar surface area (TPSA) is 34.1 Å². The Kier molecular flexibility index (Phi) is 2.92. The van der Waals surface area contributed by atoms with Crippen LogP contribution in [0, 0.1) is 5.92 Å². The van der Waals surface area contributed by atoms with E-state index in [2.05, 4.69) is 28.5 Å². The number of anilines is 1. The van der Waals surface area contributed by atoms with Gasteiger partial charge in [0, 0.05) is 42.5 Å². The smallest absolute Gasteiger partial charge is 0.0511 e. The number of nitrogens with one attached hydrogen (secondary N) is 1. The first-order chi connectivity index (χ1) is 8.43. The number of rotatable bonds is 3. The molecule has 1 fully saturated rings. The number of hydrogen-bond donors (Lipinski definition) is 1. The monoisotopic (exact) mass is 228 g/mol. The van der Waals surface area contributed by atoms with Gasteiger partial charge in [0.05, 0.1) is 6.61 Å². The lowest BCUT2D eigenvalue weighted by Crippen LogP contribution is -2.14. The number of hydrogen-bond acceptors (Lipinski definition) is 3. The van der Waals surface area contributed by atoms with Crippen LogP contribution in [0.1, 0.15) is 6.42 Å². The summed E-state index contributed by atoms with van der Waals surface area (Å²) in [7, 11) is 0. The number of fused-ring (bicyclic) bond motifs is 1. The van der Waals surface area contributed by atoms with E-state index >= 15 is 0 Å². The van der Waals surface area contributed by atoms with Crippen molar-refractivity contribution in [1.29, 1.82) is 0 Å². The van der Waals surface area contributed by atoms with Crippen LogP contribution >= 0.6 is 0 Å². The molecule has 3 nitrogen and oxygen atoms in total. The quantitative estimate of drug-likeness (QED) is 0.877. The summed E-state index contributed by atoms with van der Waals surface area (Å²) in [6, 6.07) is 8.34. The van der Waals surface area contributed by atoms with E-state index in [1.807, 2.05) is 18.5 Å². The van der Waals surface area contributed by atoms with Crippen LogP contribution < -0.4 is 5.32 Å². The first-order valence-electron chi connectivity index (χ1n) is 6.08. The van der Waals surface area contributed by atoms with Crippen molar-refractivity contribution in [3.05, 3.63) is 36.7 Å². The molecular weight excluding hydrogens is 212 g/mol. The Morgan fingerprint density at radius 3 is 3.24 bits per heavy atom. The molecule has 0 amide bonds. The fourth-order valence-corrected chi connectivity index (χ4v) is 2.27. The molecule has 88 valence electrons. The van der Waals surface area contributed by atoms with Gasteiger partial charge in [0.1, 0.15) is 0 Å². The number of nitrogens with zero attached hydrogens (tertiary/aromatic N) is 1. The fourth-order valence-electron chi connectivity index (χ4n) is 2.27. The summed E-state index contributed by atoms with van der Waals surface area (Å²) in [6.45, 7) is 2.77. The lowest BCUT2D eigenvalue weighted by Gasteiger charge is -2.12. The molecular formula is C14H16N2O. The Labute approximate surface area is 101 Å². The van der Waals surface area contributed by atoms with E-state index in [-0.39, 0.29) is 0 Å². The number of benzene rings is 1. The van der Waals surface area contributed by atoms with Crippen LogP contribution in [0.25, 0.3) is 10.8 Å². The molecule has 1 aromatic heterocycles. The molecule has 2 aromatic rings. The van der Waals surface area contributed by atoms with Crippen molar-refractivity contribution >= 4 is 16.5 Å². The van der Waals surface area contributed by atoms with Gasteiger partial charge in [0.15, 0.2) is 0 Å². The standard InChI is InChI=1S/C14H16N2O/c1-2-12-4-6-15-9-13(12)14(3-1)16-8-11-5-7-17-10-11/h1-4,6,9,11,16H,5,7-8,10H2. The van der Waals surface area contributed by atoms with Crippen LogP contribution in [0.5, 0.6) is 0 Å². The fraction of sp³-hybridized carbons (Fsp3) is 0.357. The van der Waals surface area contributed by atoms with Crippen LogP contribution in [0.15, 0.2) is 36.7 Å². The Morgan fingerprint density at radius 2 is 2.35 bits per heavy atom. The van der Waals surface area contributed by atoms with E-state index in [0.29, 0.717) is 5.92 Å². The Balaban J connectivity index is 1.79. The van der Waals surface area contributed by atoms with Crippen LogP contribution in [-0.2, 0) is 4.74 Å². The van der Waals surface area contributed by atoms with Crippen molar-refractivity contribution in [2.75, 3.05) is 25.1 Å². The van der Waals surface area contributed by atoms with Gasteiger partial charge in [-0.1, -0.05) is 12.1 Å². The minimum atomic E-state index is 0.641. The van der Waals surface area contributed by atoms with E-state index in [1.165, 1.54) is 16.5 Å². The summed E-state index contributed by atoms with van der Waals surface area (Å²) in [5, 5.41) is 5.93. The zero-order valence-corrected chi connectivity index (χ0v) is 9.73. The molecule has 0 spiro atoms. The van der Waals surface area contributed by atoms with Gasteiger partial charge in [-0.25, -0.2) is 0 Å². The minimum absolute atomic E-state index is 0.641. The lowest BCUT2D eigenvalue weighted by atomic mass is 10.1. The third kappa shape index (κ3) is 2.24. The first kappa shape index (κ1) is 10.5. The van der Waals surface area contributed by atoms with Gasteiger partial charge in [-0.05, 0) is 23.9 Å². The predicted octanol–water partition coefficient (Wildman–Crippen LogP) is 2.68. The maximum absolute atomic E-state index is 5.38. The Bertz CT molecular complexity index is 501. The summed E-state index contributed by atoms with van der Waals surface area (Å²) >= 11 is 0. The molecule has 1 atom stereocenters. The molecule has 3 heteroatoms. The molecule has 3 rings (SSSR count). The molecule has 1 unspecified atom stereocenters. The highest BCUT2D eigenvalue weighted by atomic mass is 16.5. The average Bonchev–Trinajstić information content (AvgIpc) is 2.89. The first-order valence-corrected chi connectivity index (χ1v) is 6.08. The SMILES string of the molecule is c1cc(NCC2CCOC2)c2cnccc2c1. The summed E-state index contributed by atoms with van der Waals surface area (Å²) in [6.07, 6.45) is 4.91. The summed E-state index contributed by atoms with van der Waals surface area (Å²) in [5.74, 6) is 0.641. The summed E-state index contributed by atoms with van der Waals surface area (Å²) < 4.78 is 5.38. The van der Waals surface area contributed by atoms with Gasteiger partial charge >= 0.3 is 0 Å². The van der Waals surface area contributed by atoms with Crippen LogP contribution in [0.3, 0.4) is 0 Å².